The number of aliphatic carboxylic acids is 1. The van der Waals surface area contributed by atoms with Crippen LogP contribution in [0.4, 0.5) is 0 Å². The normalized spacial score (nSPS) is 16.7. The molecule has 0 spiro atoms. The van der Waals surface area contributed by atoms with Crippen LogP contribution in [0.25, 0.3) is 0 Å². The number of hydrogen-bond acceptors (Lipinski definition) is 4. The third-order valence-electron chi connectivity index (χ3n) is 1.72. The van der Waals surface area contributed by atoms with Gasteiger partial charge in [0.2, 0.25) is 0 Å². The van der Waals surface area contributed by atoms with Crippen LogP contribution >= 0.6 is 11.8 Å². The smallest absolute Gasteiger partial charge is 0.309 e. The summed E-state index contributed by atoms with van der Waals surface area (Å²) in [6.45, 7) is 0.707. The Bertz CT molecular complexity index is 227. The molecule has 5 heteroatoms. The molecule has 0 aliphatic carbocycles. The first-order valence-electron chi connectivity index (χ1n) is 3.59. The van der Waals surface area contributed by atoms with Crippen molar-refractivity contribution in [1.82, 2.24) is 10.2 Å². The summed E-state index contributed by atoms with van der Waals surface area (Å²) in [5.41, 5.74) is 0.870. The fourth-order valence-corrected chi connectivity index (χ4v) is 1.78. The molecule has 0 aromatic heterocycles. The highest BCUT2D eigenvalue weighted by molar-refractivity contribution is 8.02. The average Bonchev–Trinajstić information content (AvgIpc) is 2.32. The zero-order valence-corrected chi connectivity index (χ0v) is 7.94. The maximum atomic E-state index is 10.5. The minimum Gasteiger partial charge on any atom is -0.481 e. The molecular formula is C7H12N2O2S. The first-order chi connectivity index (χ1) is 5.65. The van der Waals surface area contributed by atoms with Crippen LogP contribution in [0.2, 0.25) is 0 Å². The predicted molar refractivity (Wildman–Crippen MR) is 48.6 cm³/mol. The second-order valence-corrected chi connectivity index (χ2v) is 3.40. The summed E-state index contributed by atoms with van der Waals surface area (Å²) in [5.74, 6) is -0.785. The minimum absolute atomic E-state index is 0.0969. The molecule has 1 rings (SSSR count). The van der Waals surface area contributed by atoms with E-state index in [1.807, 2.05) is 18.2 Å². The summed E-state index contributed by atoms with van der Waals surface area (Å²) in [7, 11) is 1.88. The van der Waals surface area contributed by atoms with Gasteiger partial charge in [0.1, 0.15) is 0 Å². The molecule has 0 unspecified atom stereocenters. The Hall–Kier alpha value is -0.840. The number of carbonyl (C=O) groups is 1. The Kier molecular flexibility index (Phi) is 2.86. The molecule has 2 N–H and O–H groups in total. The van der Waals surface area contributed by atoms with Crippen molar-refractivity contribution in [3.05, 3.63) is 10.7 Å². The zero-order valence-electron chi connectivity index (χ0n) is 7.13. The molecule has 0 radical (unpaired) electrons. The molecule has 0 aromatic rings. The van der Waals surface area contributed by atoms with Gasteiger partial charge in [0, 0.05) is 7.05 Å². The highest BCUT2D eigenvalue weighted by atomic mass is 32.2. The Balaban J connectivity index is 2.73. The Morgan fingerprint density at radius 2 is 2.50 bits per heavy atom. The Morgan fingerprint density at radius 1 is 1.83 bits per heavy atom. The monoisotopic (exact) mass is 188 g/mol. The van der Waals surface area contributed by atoms with E-state index in [0.29, 0.717) is 6.67 Å². The van der Waals surface area contributed by atoms with E-state index in [4.69, 9.17) is 5.11 Å². The number of nitrogens with one attached hydrogen (secondary N) is 1. The van der Waals surface area contributed by atoms with Crippen LogP contribution in [-0.4, -0.2) is 35.9 Å². The lowest BCUT2D eigenvalue weighted by Gasteiger charge is -2.12. The van der Waals surface area contributed by atoms with Gasteiger partial charge >= 0.3 is 5.97 Å². The fourth-order valence-electron chi connectivity index (χ4n) is 1.11. The van der Waals surface area contributed by atoms with Crippen LogP contribution in [-0.2, 0) is 4.79 Å². The number of hydrogen-bond donors (Lipinski definition) is 2. The van der Waals surface area contributed by atoms with Crippen LogP contribution in [0.15, 0.2) is 10.7 Å². The molecule has 0 fully saturated rings. The van der Waals surface area contributed by atoms with E-state index in [-0.39, 0.29) is 6.42 Å². The molecule has 0 amide bonds. The van der Waals surface area contributed by atoms with Crippen LogP contribution < -0.4 is 5.32 Å². The van der Waals surface area contributed by atoms with Crippen molar-refractivity contribution in [3.63, 3.8) is 0 Å². The van der Waals surface area contributed by atoms with Crippen molar-refractivity contribution in [1.29, 1.82) is 0 Å². The molecule has 1 aliphatic rings. The van der Waals surface area contributed by atoms with Gasteiger partial charge in [-0.3, -0.25) is 4.79 Å². The molecule has 0 saturated heterocycles. The molecule has 68 valence electrons. The van der Waals surface area contributed by atoms with Gasteiger partial charge in [-0.25, -0.2) is 0 Å². The summed E-state index contributed by atoms with van der Waals surface area (Å²) in [6.07, 6.45) is 2.03. The molecular weight excluding hydrogens is 176 g/mol. The standard InChI is InChI=1S/C7H12N2O2S/c1-9-4-8-7(12-2)5(9)3-6(10)11/h8H,3-4H2,1-2H3,(H,10,11). The van der Waals surface area contributed by atoms with Gasteiger partial charge in [-0.05, 0) is 6.26 Å². The van der Waals surface area contributed by atoms with Gasteiger partial charge in [-0.1, -0.05) is 0 Å². The second-order valence-electron chi connectivity index (χ2n) is 2.58. The third kappa shape index (κ3) is 1.85. The first-order valence-corrected chi connectivity index (χ1v) is 4.81. The van der Waals surface area contributed by atoms with Gasteiger partial charge in [-0.15, -0.1) is 11.8 Å². The van der Waals surface area contributed by atoms with E-state index in [1.54, 1.807) is 11.8 Å². The second kappa shape index (κ2) is 3.71. The van der Waals surface area contributed by atoms with E-state index < -0.39 is 5.97 Å². The zero-order chi connectivity index (χ0) is 9.14. The van der Waals surface area contributed by atoms with E-state index in [9.17, 15) is 4.79 Å². The summed E-state index contributed by atoms with van der Waals surface area (Å²) >= 11 is 1.55. The van der Waals surface area contributed by atoms with E-state index in [1.165, 1.54) is 0 Å². The molecule has 12 heavy (non-hydrogen) atoms. The summed E-state index contributed by atoms with van der Waals surface area (Å²) < 4.78 is 0. The highest BCUT2D eigenvalue weighted by Gasteiger charge is 2.19. The predicted octanol–water partition coefficient (Wildman–Crippen LogP) is 0.486. The van der Waals surface area contributed by atoms with Crippen LogP contribution in [0.1, 0.15) is 6.42 Å². The van der Waals surface area contributed by atoms with Crippen molar-refractivity contribution >= 4 is 17.7 Å². The van der Waals surface area contributed by atoms with E-state index in [2.05, 4.69) is 5.32 Å². The van der Waals surface area contributed by atoms with Crippen LogP contribution in [0.5, 0.6) is 0 Å². The molecule has 1 aliphatic heterocycles. The molecule has 0 bridgehead atoms. The van der Waals surface area contributed by atoms with Gasteiger partial charge in [0.15, 0.2) is 0 Å². The molecule has 0 saturated carbocycles. The quantitative estimate of drug-likeness (QED) is 0.675. The summed E-state index contributed by atoms with van der Waals surface area (Å²) in [6, 6.07) is 0. The maximum absolute atomic E-state index is 10.5. The van der Waals surface area contributed by atoms with E-state index >= 15 is 0 Å². The van der Waals surface area contributed by atoms with E-state index in [0.717, 1.165) is 10.7 Å². The Morgan fingerprint density at radius 3 is 3.00 bits per heavy atom. The van der Waals surface area contributed by atoms with Crippen molar-refractivity contribution in [2.75, 3.05) is 20.0 Å². The van der Waals surface area contributed by atoms with Crippen molar-refractivity contribution in [2.45, 2.75) is 6.42 Å². The number of rotatable bonds is 3. The third-order valence-corrected chi connectivity index (χ3v) is 2.51. The van der Waals surface area contributed by atoms with Crippen molar-refractivity contribution in [2.24, 2.45) is 0 Å². The van der Waals surface area contributed by atoms with Crippen molar-refractivity contribution < 1.29 is 9.90 Å². The number of carboxylic acids is 1. The highest BCUT2D eigenvalue weighted by Crippen LogP contribution is 2.23. The lowest BCUT2D eigenvalue weighted by molar-refractivity contribution is -0.136. The summed E-state index contributed by atoms with van der Waals surface area (Å²) in [4.78, 5) is 12.4. The van der Waals surface area contributed by atoms with Crippen LogP contribution in [0, 0.1) is 0 Å². The lowest BCUT2D eigenvalue weighted by atomic mass is 10.3. The average molecular weight is 188 g/mol. The van der Waals surface area contributed by atoms with Gasteiger partial charge in [0.25, 0.3) is 0 Å². The lowest BCUT2D eigenvalue weighted by Crippen LogP contribution is -2.19. The first kappa shape index (κ1) is 9.25. The van der Waals surface area contributed by atoms with Gasteiger partial charge in [-0.2, -0.15) is 0 Å². The minimum atomic E-state index is -0.785. The number of thioether (sulfide) groups is 1. The molecule has 4 nitrogen and oxygen atoms in total. The Labute approximate surface area is 75.6 Å². The maximum Gasteiger partial charge on any atom is 0.309 e. The number of nitrogens with zero attached hydrogens (tertiary/aromatic N) is 1. The van der Waals surface area contributed by atoms with Gasteiger partial charge in [0.05, 0.1) is 23.8 Å². The fraction of sp³-hybridized carbons (Fsp3) is 0.571. The molecule has 0 aromatic carbocycles. The van der Waals surface area contributed by atoms with Crippen LogP contribution in [0.3, 0.4) is 0 Å². The van der Waals surface area contributed by atoms with Crippen molar-refractivity contribution in [3.8, 4) is 0 Å². The van der Waals surface area contributed by atoms with Gasteiger partial charge < -0.3 is 15.3 Å². The summed E-state index contributed by atoms with van der Waals surface area (Å²) in [5, 5.41) is 12.7. The SMILES string of the molecule is CSC1=C(CC(=O)O)N(C)CN1. The topological polar surface area (TPSA) is 52.6 Å². The molecule has 1 heterocycles. The molecule has 0 atom stereocenters. The largest absolute Gasteiger partial charge is 0.481 e. The number of carboxylic acid groups (broad SMARTS) is 1.